The van der Waals surface area contributed by atoms with Crippen LogP contribution in [0.4, 0.5) is 0 Å². The molecule has 3 nitrogen and oxygen atoms in total. The average molecular weight is 185 g/mol. The van der Waals surface area contributed by atoms with Crippen LogP contribution in [0.3, 0.4) is 0 Å². The smallest absolute Gasteiger partial charge is 0.333 e. The summed E-state index contributed by atoms with van der Waals surface area (Å²) in [5.41, 5.74) is 0.452. The Labute approximate surface area is 80.2 Å². The molecule has 0 atom stereocenters. The van der Waals surface area contributed by atoms with Gasteiger partial charge in [0.05, 0.1) is 0 Å². The molecular weight excluding hydrogens is 166 g/mol. The zero-order valence-corrected chi connectivity index (χ0v) is 8.56. The van der Waals surface area contributed by atoms with Crippen molar-refractivity contribution in [3.63, 3.8) is 0 Å². The van der Waals surface area contributed by atoms with E-state index in [4.69, 9.17) is 4.74 Å². The second kappa shape index (κ2) is 7.80. The summed E-state index contributed by atoms with van der Waals surface area (Å²) in [7, 11) is 0. The number of carbonyl (C=O) groups excluding carboxylic acids is 1. The van der Waals surface area contributed by atoms with E-state index in [1.54, 1.807) is 6.92 Å². The summed E-state index contributed by atoms with van der Waals surface area (Å²) in [6.07, 6.45) is 2.34. The van der Waals surface area contributed by atoms with Crippen molar-refractivity contribution in [1.29, 1.82) is 0 Å². The van der Waals surface area contributed by atoms with Crippen LogP contribution in [0.5, 0.6) is 0 Å². The average Bonchev–Trinajstić information content (AvgIpc) is 2.10. The van der Waals surface area contributed by atoms with Crippen LogP contribution in [-0.2, 0) is 9.53 Å². The molecule has 0 aromatic carbocycles. The lowest BCUT2D eigenvalue weighted by atomic mass is 10.3. The second-order valence-electron chi connectivity index (χ2n) is 3.02. The number of hydrogen-bond donors (Lipinski definition) is 1. The molecule has 0 bridgehead atoms. The van der Waals surface area contributed by atoms with E-state index in [1.165, 1.54) is 6.42 Å². The first-order valence-electron chi connectivity index (χ1n) is 4.71. The molecule has 0 rings (SSSR count). The molecule has 1 N–H and O–H groups in total. The minimum Gasteiger partial charge on any atom is -0.461 e. The van der Waals surface area contributed by atoms with Gasteiger partial charge in [-0.25, -0.2) is 4.79 Å². The molecule has 76 valence electrons. The molecule has 13 heavy (non-hydrogen) atoms. The standard InChI is InChI=1S/C10H19NO2/c1-4-5-6-11-7-8-13-10(12)9(2)3/h11H,2,4-8H2,1,3H3. The van der Waals surface area contributed by atoms with Gasteiger partial charge in [-0.1, -0.05) is 19.9 Å². The van der Waals surface area contributed by atoms with Crippen LogP contribution >= 0.6 is 0 Å². The van der Waals surface area contributed by atoms with Crippen molar-refractivity contribution in [2.75, 3.05) is 19.7 Å². The Kier molecular flexibility index (Phi) is 7.30. The maximum atomic E-state index is 10.9. The molecule has 0 radical (unpaired) electrons. The van der Waals surface area contributed by atoms with E-state index < -0.39 is 0 Å². The van der Waals surface area contributed by atoms with Crippen molar-refractivity contribution in [3.05, 3.63) is 12.2 Å². The van der Waals surface area contributed by atoms with Gasteiger partial charge in [0.1, 0.15) is 6.61 Å². The first-order valence-corrected chi connectivity index (χ1v) is 4.71. The third-order valence-corrected chi connectivity index (χ3v) is 1.57. The highest BCUT2D eigenvalue weighted by molar-refractivity contribution is 5.86. The van der Waals surface area contributed by atoms with E-state index in [1.807, 2.05) is 0 Å². The normalized spacial score (nSPS) is 9.69. The van der Waals surface area contributed by atoms with Gasteiger partial charge in [0.25, 0.3) is 0 Å². The maximum absolute atomic E-state index is 10.9. The fourth-order valence-electron chi connectivity index (χ4n) is 0.766. The SMILES string of the molecule is C=C(C)C(=O)OCCNCCCC. The second-order valence-corrected chi connectivity index (χ2v) is 3.02. The van der Waals surface area contributed by atoms with Gasteiger partial charge < -0.3 is 10.1 Å². The first kappa shape index (κ1) is 12.2. The summed E-state index contributed by atoms with van der Waals surface area (Å²) < 4.78 is 4.88. The highest BCUT2D eigenvalue weighted by Crippen LogP contribution is 1.90. The molecule has 0 fully saturated rings. The largest absolute Gasteiger partial charge is 0.461 e. The first-order chi connectivity index (χ1) is 6.18. The van der Waals surface area contributed by atoms with Crippen LogP contribution in [-0.4, -0.2) is 25.7 Å². The number of rotatable bonds is 7. The van der Waals surface area contributed by atoms with Gasteiger partial charge in [-0.2, -0.15) is 0 Å². The molecule has 3 heteroatoms. The van der Waals surface area contributed by atoms with E-state index in [2.05, 4.69) is 18.8 Å². The highest BCUT2D eigenvalue weighted by Gasteiger charge is 2.00. The molecule has 0 aromatic rings. The number of nitrogens with one attached hydrogen (secondary N) is 1. The predicted molar refractivity (Wildman–Crippen MR) is 53.6 cm³/mol. The van der Waals surface area contributed by atoms with Gasteiger partial charge in [0, 0.05) is 12.1 Å². The minimum atomic E-state index is -0.308. The monoisotopic (exact) mass is 185 g/mol. The van der Waals surface area contributed by atoms with Crippen LogP contribution in [0, 0.1) is 0 Å². The third kappa shape index (κ3) is 7.53. The van der Waals surface area contributed by atoms with Crippen molar-refractivity contribution >= 4 is 5.97 Å². The molecule has 0 aliphatic rings. The Bertz CT molecular complexity index is 166. The fraction of sp³-hybridized carbons (Fsp3) is 0.700. The van der Waals surface area contributed by atoms with E-state index in [0.29, 0.717) is 12.2 Å². The Hall–Kier alpha value is -0.830. The summed E-state index contributed by atoms with van der Waals surface area (Å²) in [6.45, 7) is 9.41. The lowest BCUT2D eigenvalue weighted by Gasteiger charge is -2.05. The van der Waals surface area contributed by atoms with E-state index >= 15 is 0 Å². The Morgan fingerprint density at radius 1 is 1.46 bits per heavy atom. The zero-order valence-electron chi connectivity index (χ0n) is 8.56. The Balaban J connectivity index is 3.16. The van der Waals surface area contributed by atoms with Crippen molar-refractivity contribution in [3.8, 4) is 0 Å². The number of hydrogen-bond acceptors (Lipinski definition) is 3. The summed E-state index contributed by atoms with van der Waals surface area (Å²) in [6, 6.07) is 0. The van der Waals surface area contributed by atoms with E-state index in [-0.39, 0.29) is 5.97 Å². The van der Waals surface area contributed by atoms with E-state index in [0.717, 1.165) is 19.5 Å². The summed E-state index contributed by atoms with van der Waals surface area (Å²) in [5, 5.41) is 3.17. The lowest BCUT2D eigenvalue weighted by molar-refractivity contribution is -0.138. The van der Waals surface area contributed by atoms with Gasteiger partial charge in [-0.05, 0) is 19.9 Å². The predicted octanol–water partition coefficient (Wildman–Crippen LogP) is 1.50. The zero-order chi connectivity index (χ0) is 10.1. The molecule has 0 aliphatic carbocycles. The molecule has 0 spiro atoms. The van der Waals surface area contributed by atoms with E-state index in [9.17, 15) is 4.79 Å². The van der Waals surface area contributed by atoms with Crippen LogP contribution < -0.4 is 5.32 Å². The topological polar surface area (TPSA) is 38.3 Å². The quantitative estimate of drug-likeness (QED) is 0.371. The lowest BCUT2D eigenvalue weighted by Crippen LogP contribution is -2.22. The summed E-state index contributed by atoms with van der Waals surface area (Å²) >= 11 is 0. The molecule has 0 heterocycles. The van der Waals surface area contributed by atoms with Crippen molar-refractivity contribution < 1.29 is 9.53 Å². The molecule has 0 unspecified atom stereocenters. The molecule has 0 aliphatic heterocycles. The number of unbranched alkanes of at least 4 members (excludes halogenated alkanes) is 1. The third-order valence-electron chi connectivity index (χ3n) is 1.57. The van der Waals surface area contributed by atoms with Crippen LogP contribution in [0.1, 0.15) is 26.7 Å². The van der Waals surface area contributed by atoms with Gasteiger partial charge in [-0.3, -0.25) is 0 Å². The molecule has 0 saturated carbocycles. The molecule has 0 saturated heterocycles. The van der Waals surface area contributed by atoms with Crippen molar-refractivity contribution in [2.45, 2.75) is 26.7 Å². The minimum absolute atomic E-state index is 0.308. The number of carbonyl (C=O) groups is 1. The fourth-order valence-corrected chi connectivity index (χ4v) is 0.766. The molecule has 0 amide bonds. The summed E-state index contributed by atoms with van der Waals surface area (Å²) in [4.78, 5) is 10.9. The molecular formula is C10H19NO2. The van der Waals surface area contributed by atoms with Gasteiger partial charge in [0.2, 0.25) is 0 Å². The van der Waals surface area contributed by atoms with Gasteiger partial charge in [0.15, 0.2) is 0 Å². The maximum Gasteiger partial charge on any atom is 0.333 e. The number of esters is 1. The van der Waals surface area contributed by atoms with Crippen LogP contribution in [0.15, 0.2) is 12.2 Å². The molecule has 0 aromatic heterocycles. The summed E-state index contributed by atoms with van der Waals surface area (Å²) in [5.74, 6) is -0.308. The van der Waals surface area contributed by atoms with Crippen molar-refractivity contribution in [1.82, 2.24) is 5.32 Å². The van der Waals surface area contributed by atoms with Gasteiger partial charge in [-0.15, -0.1) is 0 Å². The van der Waals surface area contributed by atoms with Crippen LogP contribution in [0.25, 0.3) is 0 Å². The van der Waals surface area contributed by atoms with Gasteiger partial charge >= 0.3 is 5.97 Å². The van der Waals surface area contributed by atoms with Crippen LogP contribution in [0.2, 0.25) is 0 Å². The highest BCUT2D eigenvalue weighted by atomic mass is 16.5. The van der Waals surface area contributed by atoms with Crippen molar-refractivity contribution in [2.24, 2.45) is 0 Å². The Morgan fingerprint density at radius 2 is 2.15 bits per heavy atom. The Morgan fingerprint density at radius 3 is 2.69 bits per heavy atom. The number of ether oxygens (including phenoxy) is 1.